The van der Waals surface area contributed by atoms with E-state index >= 15 is 0 Å². The summed E-state index contributed by atoms with van der Waals surface area (Å²) >= 11 is 0. The van der Waals surface area contributed by atoms with Crippen molar-refractivity contribution in [1.82, 2.24) is 0 Å². The highest BCUT2D eigenvalue weighted by molar-refractivity contribution is 5.94. The SMILES string of the molecule is CC(C)C/C=C/c1ccc2cc(C(=O)O)ccc2c1. The first kappa shape index (κ1) is 13.3. The van der Waals surface area contributed by atoms with Gasteiger partial charge in [-0.25, -0.2) is 4.79 Å². The maximum atomic E-state index is 10.9. The van der Waals surface area contributed by atoms with E-state index in [1.54, 1.807) is 12.1 Å². The summed E-state index contributed by atoms with van der Waals surface area (Å²) in [6.07, 6.45) is 5.36. The zero-order valence-corrected chi connectivity index (χ0v) is 11.3. The van der Waals surface area contributed by atoms with Crippen LogP contribution in [0.2, 0.25) is 0 Å². The second-order valence-electron chi connectivity index (χ2n) is 5.16. The molecule has 1 N–H and O–H groups in total. The summed E-state index contributed by atoms with van der Waals surface area (Å²) in [5, 5.41) is 11.0. The van der Waals surface area contributed by atoms with Gasteiger partial charge in [0.15, 0.2) is 0 Å². The van der Waals surface area contributed by atoms with Gasteiger partial charge in [0.05, 0.1) is 5.56 Å². The molecule has 2 aromatic rings. The molecule has 0 atom stereocenters. The van der Waals surface area contributed by atoms with Crippen LogP contribution in [0.4, 0.5) is 0 Å². The molecule has 2 nitrogen and oxygen atoms in total. The Balaban J connectivity index is 2.29. The van der Waals surface area contributed by atoms with Gasteiger partial charge in [-0.05, 0) is 46.9 Å². The molecule has 2 rings (SSSR count). The second kappa shape index (κ2) is 5.70. The number of fused-ring (bicyclic) bond motifs is 1. The summed E-state index contributed by atoms with van der Waals surface area (Å²) < 4.78 is 0. The number of rotatable bonds is 4. The van der Waals surface area contributed by atoms with Gasteiger partial charge in [-0.1, -0.05) is 44.2 Å². The number of carboxylic acids is 1. The van der Waals surface area contributed by atoms with Crippen molar-refractivity contribution in [3.8, 4) is 0 Å². The van der Waals surface area contributed by atoms with Gasteiger partial charge in [0.25, 0.3) is 0 Å². The quantitative estimate of drug-likeness (QED) is 0.865. The van der Waals surface area contributed by atoms with Crippen LogP contribution in [0.3, 0.4) is 0 Å². The van der Waals surface area contributed by atoms with Crippen molar-refractivity contribution >= 4 is 22.8 Å². The third kappa shape index (κ3) is 3.44. The van der Waals surface area contributed by atoms with Crippen LogP contribution in [0.5, 0.6) is 0 Å². The minimum absolute atomic E-state index is 0.329. The van der Waals surface area contributed by atoms with Crippen LogP contribution in [0.25, 0.3) is 16.8 Å². The molecule has 2 heteroatoms. The van der Waals surface area contributed by atoms with Crippen molar-refractivity contribution in [3.05, 3.63) is 53.6 Å². The summed E-state index contributed by atoms with van der Waals surface area (Å²) in [5.74, 6) is -0.224. The van der Waals surface area contributed by atoms with E-state index in [1.807, 2.05) is 18.2 Å². The van der Waals surface area contributed by atoms with Crippen LogP contribution < -0.4 is 0 Å². The predicted molar refractivity (Wildman–Crippen MR) is 79.4 cm³/mol. The zero-order chi connectivity index (χ0) is 13.8. The summed E-state index contributed by atoms with van der Waals surface area (Å²) in [6.45, 7) is 4.39. The molecule has 0 aromatic heterocycles. The van der Waals surface area contributed by atoms with Crippen molar-refractivity contribution in [3.63, 3.8) is 0 Å². The Morgan fingerprint density at radius 2 is 1.84 bits per heavy atom. The minimum atomic E-state index is -0.886. The molecule has 98 valence electrons. The van der Waals surface area contributed by atoms with Gasteiger partial charge in [-0.3, -0.25) is 0 Å². The zero-order valence-electron chi connectivity index (χ0n) is 11.3. The van der Waals surface area contributed by atoms with Gasteiger partial charge in [0, 0.05) is 0 Å². The Bertz CT molecular complexity index is 624. The Morgan fingerprint density at radius 1 is 1.16 bits per heavy atom. The lowest BCUT2D eigenvalue weighted by atomic mass is 10.0. The van der Waals surface area contributed by atoms with Crippen LogP contribution in [0.15, 0.2) is 42.5 Å². The number of carbonyl (C=O) groups is 1. The fourth-order valence-electron chi connectivity index (χ4n) is 1.98. The van der Waals surface area contributed by atoms with Crippen LogP contribution in [-0.4, -0.2) is 11.1 Å². The normalized spacial score (nSPS) is 11.5. The van der Waals surface area contributed by atoms with Gasteiger partial charge in [-0.2, -0.15) is 0 Å². The molecule has 0 spiro atoms. The Labute approximate surface area is 113 Å². The standard InChI is InChI=1S/C17H18O2/c1-12(2)4-3-5-13-6-7-15-11-16(17(18)19)9-8-14(15)10-13/h3,5-12H,4H2,1-2H3,(H,18,19)/b5-3+. The van der Waals surface area contributed by atoms with E-state index < -0.39 is 5.97 Å². The lowest BCUT2D eigenvalue weighted by Gasteiger charge is -2.02. The molecule has 0 radical (unpaired) electrons. The fourth-order valence-corrected chi connectivity index (χ4v) is 1.98. The predicted octanol–water partition coefficient (Wildman–Crippen LogP) is 4.60. The molecule has 0 saturated carbocycles. The number of hydrogen-bond donors (Lipinski definition) is 1. The van der Waals surface area contributed by atoms with Crippen LogP contribution in [-0.2, 0) is 0 Å². The van der Waals surface area contributed by atoms with Crippen molar-refractivity contribution in [2.24, 2.45) is 5.92 Å². The highest BCUT2D eigenvalue weighted by Crippen LogP contribution is 2.19. The van der Waals surface area contributed by atoms with Gasteiger partial charge in [0.1, 0.15) is 0 Å². The Hall–Kier alpha value is -2.09. The van der Waals surface area contributed by atoms with Gasteiger partial charge in [-0.15, -0.1) is 0 Å². The third-order valence-corrected chi connectivity index (χ3v) is 3.03. The van der Waals surface area contributed by atoms with E-state index in [0.717, 1.165) is 22.8 Å². The van der Waals surface area contributed by atoms with Crippen LogP contribution in [0.1, 0.15) is 36.2 Å². The maximum absolute atomic E-state index is 10.9. The first-order valence-electron chi connectivity index (χ1n) is 6.50. The fraction of sp³-hybridized carbons (Fsp3) is 0.235. The molecule has 0 heterocycles. The highest BCUT2D eigenvalue weighted by Gasteiger charge is 2.03. The van der Waals surface area contributed by atoms with Crippen LogP contribution in [0, 0.1) is 5.92 Å². The molecule has 0 bridgehead atoms. The number of allylic oxidation sites excluding steroid dienone is 1. The van der Waals surface area contributed by atoms with E-state index in [1.165, 1.54) is 0 Å². The molecule has 0 unspecified atom stereocenters. The molecular weight excluding hydrogens is 236 g/mol. The van der Waals surface area contributed by atoms with Crippen LogP contribution >= 0.6 is 0 Å². The van der Waals surface area contributed by atoms with Gasteiger partial charge in [0.2, 0.25) is 0 Å². The van der Waals surface area contributed by atoms with Crippen molar-refractivity contribution in [1.29, 1.82) is 0 Å². The summed E-state index contributed by atoms with van der Waals surface area (Å²) in [4.78, 5) is 10.9. The molecule has 0 aliphatic rings. The molecule has 0 aliphatic carbocycles. The monoisotopic (exact) mass is 254 g/mol. The van der Waals surface area contributed by atoms with E-state index in [0.29, 0.717) is 11.5 Å². The van der Waals surface area contributed by atoms with E-state index in [-0.39, 0.29) is 0 Å². The van der Waals surface area contributed by atoms with Gasteiger partial charge >= 0.3 is 5.97 Å². The van der Waals surface area contributed by atoms with E-state index in [9.17, 15) is 4.79 Å². The Morgan fingerprint density at radius 3 is 2.53 bits per heavy atom. The molecule has 19 heavy (non-hydrogen) atoms. The van der Waals surface area contributed by atoms with E-state index in [2.05, 4.69) is 32.1 Å². The molecule has 0 amide bonds. The molecule has 0 aliphatic heterocycles. The lowest BCUT2D eigenvalue weighted by Crippen LogP contribution is -1.95. The highest BCUT2D eigenvalue weighted by atomic mass is 16.4. The first-order chi connectivity index (χ1) is 9.06. The molecule has 0 fully saturated rings. The maximum Gasteiger partial charge on any atom is 0.335 e. The molecular formula is C17H18O2. The number of benzene rings is 2. The average Bonchev–Trinajstić information content (AvgIpc) is 2.37. The lowest BCUT2D eigenvalue weighted by molar-refractivity contribution is 0.0697. The minimum Gasteiger partial charge on any atom is -0.478 e. The molecule has 0 saturated heterocycles. The number of carboxylic acid groups (broad SMARTS) is 1. The van der Waals surface area contributed by atoms with E-state index in [4.69, 9.17) is 5.11 Å². The molecule has 2 aromatic carbocycles. The summed E-state index contributed by atoms with van der Waals surface area (Å²) in [5.41, 5.74) is 1.48. The van der Waals surface area contributed by atoms with Crippen molar-refractivity contribution < 1.29 is 9.90 Å². The Kier molecular flexibility index (Phi) is 4.00. The van der Waals surface area contributed by atoms with Gasteiger partial charge < -0.3 is 5.11 Å². The smallest absolute Gasteiger partial charge is 0.335 e. The third-order valence-electron chi connectivity index (χ3n) is 3.03. The first-order valence-corrected chi connectivity index (χ1v) is 6.50. The summed E-state index contributed by atoms with van der Waals surface area (Å²) in [7, 11) is 0. The second-order valence-corrected chi connectivity index (χ2v) is 5.16. The average molecular weight is 254 g/mol. The summed E-state index contributed by atoms with van der Waals surface area (Å²) in [6, 6.07) is 11.3. The number of aromatic carboxylic acids is 1. The largest absolute Gasteiger partial charge is 0.478 e. The number of hydrogen-bond acceptors (Lipinski definition) is 1. The van der Waals surface area contributed by atoms with Crippen molar-refractivity contribution in [2.45, 2.75) is 20.3 Å². The van der Waals surface area contributed by atoms with Crippen molar-refractivity contribution in [2.75, 3.05) is 0 Å². The topological polar surface area (TPSA) is 37.3 Å².